The van der Waals surface area contributed by atoms with Crippen molar-refractivity contribution in [3.05, 3.63) is 34.1 Å². The van der Waals surface area contributed by atoms with E-state index in [1.165, 1.54) is 12.1 Å². The molecule has 0 unspecified atom stereocenters. The first-order valence-electron chi connectivity index (χ1n) is 7.62. The van der Waals surface area contributed by atoms with Gasteiger partial charge in [0.15, 0.2) is 5.96 Å². The van der Waals surface area contributed by atoms with Gasteiger partial charge in [0.05, 0.1) is 0 Å². The molecule has 2 N–H and O–H groups in total. The van der Waals surface area contributed by atoms with Gasteiger partial charge in [-0.3, -0.25) is 4.99 Å². The lowest BCUT2D eigenvalue weighted by molar-refractivity contribution is 0.180. The molecule has 0 spiro atoms. The number of nitrogens with zero attached hydrogens (tertiary/aromatic N) is 2. The number of hydrogen-bond acceptors (Lipinski definition) is 3. The first-order chi connectivity index (χ1) is 11.1. The number of guanidine groups is 1. The van der Waals surface area contributed by atoms with Crippen LogP contribution in [0.5, 0.6) is 0 Å². The van der Waals surface area contributed by atoms with Gasteiger partial charge in [-0.15, -0.1) is 0 Å². The normalized spacial score (nSPS) is 11.8. The number of rotatable bonds is 9. The maximum absolute atomic E-state index is 13.3. The van der Waals surface area contributed by atoms with E-state index in [0.717, 1.165) is 42.7 Å². The van der Waals surface area contributed by atoms with E-state index < -0.39 is 0 Å². The molecule has 0 aliphatic heterocycles. The van der Waals surface area contributed by atoms with Gasteiger partial charge in [-0.2, -0.15) is 0 Å². The largest absolute Gasteiger partial charge is 0.385 e. The van der Waals surface area contributed by atoms with Gasteiger partial charge in [-0.25, -0.2) is 4.39 Å². The molecule has 7 heteroatoms. The Kier molecular flexibility index (Phi) is 9.82. The maximum atomic E-state index is 13.3. The molecular formula is C16H26BrFN4O. The summed E-state index contributed by atoms with van der Waals surface area (Å²) >= 11 is 3.42. The average molecular weight is 389 g/mol. The second-order valence-corrected chi connectivity index (χ2v) is 6.09. The number of halogens is 2. The minimum Gasteiger partial charge on any atom is -0.385 e. The quantitative estimate of drug-likeness (QED) is 0.386. The third-order valence-corrected chi connectivity index (χ3v) is 4.13. The summed E-state index contributed by atoms with van der Waals surface area (Å²) in [6, 6.07) is 4.64. The Hall–Kier alpha value is -1.18. The Morgan fingerprint density at radius 2 is 2.13 bits per heavy atom. The molecule has 0 radical (unpaired) electrons. The van der Waals surface area contributed by atoms with Gasteiger partial charge >= 0.3 is 0 Å². The van der Waals surface area contributed by atoms with Gasteiger partial charge < -0.3 is 20.3 Å². The fourth-order valence-electron chi connectivity index (χ4n) is 2.03. The lowest BCUT2D eigenvalue weighted by Crippen LogP contribution is -2.40. The van der Waals surface area contributed by atoms with Crippen LogP contribution in [0.4, 0.5) is 4.39 Å². The zero-order chi connectivity index (χ0) is 17.1. The van der Waals surface area contributed by atoms with E-state index in [4.69, 9.17) is 4.74 Å². The maximum Gasteiger partial charge on any atom is 0.191 e. The average Bonchev–Trinajstić information content (AvgIpc) is 2.54. The molecule has 1 aromatic rings. The van der Waals surface area contributed by atoms with Crippen molar-refractivity contribution in [2.24, 2.45) is 4.99 Å². The molecule has 0 heterocycles. The highest BCUT2D eigenvalue weighted by Gasteiger charge is 2.04. The predicted molar refractivity (Wildman–Crippen MR) is 96.3 cm³/mol. The molecule has 23 heavy (non-hydrogen) atoms. The van der Waals surface area contributed by atoms with Crippen LogP contribution in [-0.4, -0.2) is 58.3 Å². The summed E-state index contributed by atoms with van der Waals surface area (Å²) in [5.41, 5.74) is 0.852. The van der Waals surface area contributed by atoms with Crippen molar-refractivity contribution in [2.75, 3.05) is 47.4 Å². The molecule has 0 saturated carbocycles. The summed E-state index contributed by atoms with van der Waals surface area (Å²) < 4.78 is 19.2. The van der Waals surface area contributed by atoms with Gasteiger partial charge in [0, 0.05) is 51.4 Å². The molecule has 0 amide bonds. The highest BCUT2D eigenvalue weighted by atomic mass is 79.9. The lowest BCUT2D eigenvalue weighted by Gasteiger charge is -2.18. The van der Waals surface area contributed by atoms with Crippen molar-refractivity contribution < 1.29 is 9.13 Å². The molecule has 0 fully saturated rings. The Bertz CT molecular complexity index is 499. The monoisotopic (exact) mass is 388 g/mol. The second-order valence-electron chi connectivity index (χ2n) is 5.24. The minimum absolute atomic E-state index is 0.245. The van der Waals surface area contributed by atoms with E-state index in [0.29, 0.717) is 12.5 Å². The number of likely N-dealkylation sites (N-methyl/N-ethyl adjacent to an activating group) is 1. The zero-order valence-corrected chi connectivity index (χ0v) is 15.6. The van der Waals surface area contributed by atoms with Crippen LogP contribution in [0.15, 0.2) is 27.7 Å². The lowest BCUT2D eigenvalue weighted by atomic mass is 10.2. The van der Waals surface area contributed by atoms with E-state index in [2.05, 4.69) is 43.5 Å². The number of hydrogen-bond donors (Lipinski definition) is 2. The highest BCUT2D eigenvalue weighted by molar-refractivity contribution is 9.10. The Balaban J connectivity index is 2.31. The molecular weight excluding hydrogens is 363 g/mol. The van der Waals surface area contributed by atoms with E-state index in [1.807, 2.05) is 0 Å². The van der Waals surface area contributed by atoms with Crippen LogP contribution in [0, 0.1) is 5.82 Å². The summed E-state index contributed by atoms with van der Waals surface area (Å²) in [5.74, 6) is 0.456. The number of methoxy groups -OCH3 is 1. The Morgan fingerprint density at radius 1 is 1.35 bits per heavy atom. The van der Waals surface area contributed by atoms with Crippen LogP contribution in [-0.2, 0) is 11.3 Å². The zero-order valence-electron chi connectivity index (χ0n) is 14.0. The van der Waals surface area contributed by atoms with Crippen molar-refractivity contribution in [1.29, 1.82) is 0 Å². The molecule has 0 aliphatic rings. The number of nitrogens with one attached hydrogen (secondary N) is 2. The van der Waals surface area contributed by atoms with Gasteiger partial charge in [-0.1, -0.05) is 15.9 Å². The molecule has 130 valence electrons. The van der Waals surface area contributed by atoms with Crippen molar-refractivity contribution in [1.82, 2.24) is 15.5 Å². The van der Waals surface area contributed by atoms with Gasteiger partial charge in [0.2, 0.25) is 0 Å². The molecule has 0 aromatic heterocycles. The molecule has 0 bridgehead atoms. The first kappa shape index (κ1) is 19.9. The molecule has 1 rings (SSSR count). The van der Waals surface area contributed by atoms with Crippen molar-refractivity contribution in [2.45, 2.75) is 13.0 Å². The standard InChI is InChI=1S/C16H26BrFN4O/c1-19-16(20-7-9-22(2)8-4-10-23-3)21-12-13-11-14(18)5-6-15(13)17/h5-6,11H,4,7-10,12H2,1-3H3,(H2,19,20,21). The van der Waals surface area contributed by atoms with Crippen molar-refractivity contribution in [3.63, 3.8) is 0 Å². The summed E-state index contributed by atoms with van der Waals surface area (Å²) in [6.07, 6.45) is 1.02. The van der Waals surface area contributed by atoms with Crippen molar-refractivity contribution >= 4 is 21.9 Å². The summed E-state index contributed by atoms with van der Waals surface area (Å²) in [5, 5.41) is 6.44. The fourth-order valence-corrected chi connectivity index (χ4v) is 2.42. The summed E-state index contributed by atoms with van der Waals surface area (Å²) in [7, 11) is 5.52. The fraction of sp³-hybridized carbons (Fsp3) is 0.562. The van der Waals surface area contributed by atoms with Crippen LogP contribution in [0.3, 0.4) is 0 Å². The van der Waals surface area contributed by atoms with Crippen LogP contribution in [0.25, 0.3) is 0 Å². The second kappa shape index (κ2) is 11.4. The molecule has 0 aliphatic carbocycles. The van der Waals surface area contributed by atoms with E-state index in [-0.39, 0.29) is 5.82 Å². The third-order valence-electron chi connectivity index (χ3n) is 3.35. The van der Waals surface area contributed by atoms with Crippen molar-refractivity contribution in [3.8, 4) is 0 Å². The molecule has 5 nitrogen and oxygen atoms in total. The van der Waals surface area contributed by atoms with Crippen LogP contribution < -0.4 is 10.6 Å². The van der Waals surface area contributed by atoms with Gasteiger partial charge in [-0.05, 0) is 37.2 Å². The number of ether oxygens (including phenoxy) is 1. The molecule has 1 aromatic carbocycles. The predicted octanol–water partition coefficient (Wildman–Crippen LogP) is 2.22. The Morgan fingerprint density at radius 3 is 2.83 bits per heavy atom. The SMILES string of the molecule is CN=C(NCCN(C)CCCOC)NCc1cc(F)ccc1Br. The summed E-state index contributed by atoms with van der Waals surface area (Å²) in [4.78, 5) is 6.41. The van der Waals surface area contributed by atoms with E-state index in [1.54, 1.807) is 20.2 Å². The minimum atomic E-state index is -0.245. The third kappa shape index (κ3) is 8.29. The van der Waals surface area contributed by atoms with Gasteiger partial charge in [0.25, 0.3) is 0 Å². The van der Waals surface area contributed by atoms with Gasteiger partial charge in [0.1, 0.15) is 5.82 Å². The summed E-state index contributed by atoms with van der Waals surface area (Å²) in [6.45, 7) is 3.98. The van der Waals surface area contributed by atoms with E-state index in [9.17, 15) is 4.39 Å². The Labute approximate surface area is 146 Å². The highest BCUT2D eigenvalue weighted by Crippen LogP contribution is 2.17. The number of aliphatic imine (C=N–C) groups is 1. The number of benzene rings is 1. The van der Waals surface area contributed by atoms with Crippen LogP contribution >= 0.6 is 15.9 Å². The van der Waals surface area contributed by atoms with Crippen LogP contribution in [0.2, 0.25) is 0 Å². The van der Waals surface area contributed by atoms with Crippen LogP contribution in [0.1, 0.15) is 12.0 Å². The topological polar surface area (TPSA) is 48.9 Å². The molecule has 0 saturated heterocycles. The molecule has 0 atom stereocenters. The smallest absolute Gasteiger partial charge is 0.191 e. The first-order valence-corrected chi connectivity index (χ1v) is 8.42. The van der Waals surface area contributed by atoms with E-state index >= 15 is 0 Å².